The topological polar surface area (TPSA) is 55.2 Å². The lowest BCUT2D eigenvalue weighted by molar-refractivity contribution is -0.384. The van der Waals surface area contributed by atoms with E-state index in [4.69, 9.17) is 0 Å². The number of benzene rings is 2. The molecule has 2 aromatic carbocycles. The number of nitro groups is 1. The third-order valence-electron chi connectivity index (χ3n) is 5.55. The highest BCUT2D eigenvalue weighted by Crippen LogP contribution is 2.53. The number of nitro benzene ring substituents is 1. The van der Waals surface area contributed by atoms with E-state index in [1.54, 1.807) is 12.1 Å². The lowest BCUT2D eigenvalue weighted by Gasteiger charge is -2.38. The molecule has 4 rings (SSSR count). The molecule has 0 aromatic heterocycles. The number of hydrogen-bond donors (Lipinski definition) is 1. The van der Waals surface area contributed by atoms with Crippen molar-refractivity contribution < 1.29 is 9.31 Å². The summed E-state index contributed by atoms with van der Waals surface area (Å²) in [6.07, 6.45) is 5.15. The molecule has 0 amide bonds. The second-order valence-electron chi connectivity index (χ2n) is 6.91. The molecule has 0 spiro atoms. The average molecular weight is 338 g/mol. The fraction of sp³-hybridized carbons (Fsp3) is 0.300. The Bertz CT molecular complexity index is 907. The van der Waals surface area contributed by atoms with Gasteiger partial charge >= 0.3 is 0 Å². The Balaban J connectivity index is 1.92. The quantitative estimate of drug-likeness (QED) is 0.466. The highest BCUT2D eigenvalue weighted by molar-refractivity contribution is 5.74. The second-order valence-corrected chi connectivity index (χ2v) is 6.91. The minimum atomic E-state index is -0.333. The molecule has 0 fully saturated rings. The molecule has 0 saturated heterocycles. The van der Waals surface area contributed by atoms with Gasteiger partial charge in [0.2, 0.25) is 0 Å². The first-order chi connectivity index (χ1) is 12.0. The number of hydrogen-bond acceptors (Lipinski definition) is 3. The van der Waals surface area contributed by atoms with Crippen LogP contribution in [0.2, 0.25) is 0 Å². The third-order valence-corrected chi connectivity index (χ3v) is 5.55. The highest BCUT2D eigenvalue weighted by Gasteiger charge is 2.41. The number of aryl methyl sites for hydroxylation is 1. The van der Waals surface area contributed by atoms with Crippen LogP contribution in [0.3, 0.4) is 0 Å². The molecule has 5 heteroatoms. The van der Waals surface area contributed by atoms with Crippen LogP contribution in [0.15, 0.2) is 42.5 Å². The zero-order valence-electron chi connectivity index (χ0n) is 14.1. The molecule has 4 nitrogen and oxygen atoms in total. The lowest BCUT2D eigenvalue weighted by atomic mass is 9.74. The van der Waals surface area contributed by atoms with Crippen LogP contribution in [0.4, 0.5) is 15.8 Å². The smallest absolute Gasteiger partial charge is 0.292 e. The molecule has 1 aliphatic heterocycles. The molecule has 1 heterocycles. The maximum atomic E-state index is 13.7. The van der Waals surface area contributed by atoms with Crippen LogP contribution < -0.4 is 5.32 Å². The standard InChI is InChI=1S/C20H19FN2O2/c1-11-9-17(23(24)25)20-18(12(11)2)15-7-4-8-16(15)19(22-20)13-5-3-6-14(21)10-13/h3-7,9-10,15-16,19,22H,8H2,1-2H3/t15-,16+,19+/m1/s1. The number of anilines is 1. The Kier molecular flexibility index (Phi) is 3.60. The van der Waals surface area contributed by atoms with E-state index in [1.807, 2.05) is 19.9 Å². The van der Waals surface area contributed by atoms with E-state index in [1.165, 1.54) is 12.1 Å². The third kappa shape index (κ3) is 2.42. The molecule has 0 unspecified atom stereocenters. The van der Waals surface area contributed by atoms with Crippen LogP contribution in [0.25, 0.3) is 0 Å². The second kappa shape index (κ2) is 5.69. The lowest BCUT2D eigenvalue weighted by Crippen LogP contribution is -2.30. The summed E-state index contributed by atoms with van der Waals surface area (Å²) in [5.41, 5.74) is 4.53. The van der Waals surface area contributed by atoms with E-state index >= 15 is 0 Å². The normalized spacial score (nSPS) is 23.7. The molecule has 2 aromatic rings. The van der Waals surface area contributed by atoms with Gasteiger partial charge < -0.3 is 5.32 Å². The highest BCUT2D eigenvalue weighted by atomic mass is 19.1. The minimum absolute atomic E-state index is 0.0956. The van der Waals surface area contributed by atoms with Crippen molar-refractivity contribution in [2.45, 2.75) is 32.2 Å². The number of rotatable bonds is 2. The SMILES string of the molecule is Cc1cc([N+](=O)[O-])c2c(c1C)[C@@H]1C=CC[C@@H]1[C@H](c1cccc(F)c1)N2. The number of allylic oxidation sites excluding steroid dienone is 2. The van der Waals surface area contributed by atoms with E-state index in [9.17, 15) is 14.5 Å². The summed E-state index contributed by atoms with van der Waals surface area (Å²) < 4.78 is 13.7. The molecule has 25 heavy (non-hydrogen) atoms. The molecule has 2 aliphatic rings. The predicted molar refractivity (Wildman–Crippen MR) is 95.3 cm³/mol. The largest absolute Gasteiger partial charge is 0.372 e. The Morgan fingerprint density at radius 2 is 2.08 bits per heavy atom. The first-order valence-corrected chi connectivity index (χ1v) is 8.44. The monoisotopic (exact) mass is 338 g/mol. The van der Waals surface area contributed by atoms with Crippen LogP contribution in [0, 0.1) is 35.7 Å². The van der Waals surface area contributed by atoms with Crippen molar-refractivity contribution in [3.8, 4) is 0 Å². The van der Waals surface area contributed by atoms with Gasteiger partial charge in [-0.3, -0.25) is 10.1 Å². The predicted octanol–water partition coefficient (Wildman–Crippen LogP) is 5.18. The Hall–Kier alpha value is -2.69. The van der Waals surface area contributed by atoms with Gasteiger partial charge in [0, 0.05) is 12.0 Å². The van der Waals surface area contributed by atoms with Gasteiger partial charge in [0.15, 0.2) is 0 Å². The zero-order valence-corrected chi connectivity index (χ0v) is 14.1. The summed E-state index contributed by atoms with van der Waals surface area (Å²) in [5.74, 6) is 0.0553. The fourth-order valence-corrected chi connectivity index (χ4v) is 4.25. The summed E-state index contributed by atoms with van der Waals surface area (Å²) in [5, 5.41) is 15.0. The first-order valence-electron chi connectivity index (χ1n) is 8.44. The summed E-state index contributed by atoms with van der Waals surface area (Å²) in [6.45, 7) is 3.93. The van der Waals surface area contributed by atoms with Crippen LogP contribution in [-0.2, 0) is 0 Å². The molecule has 1 N–H and O–H groups in total. The zero-order chi connectivity index (χ0) is 17.7. The molecule has 1 aliphatic carbocycles. The van der Waals surface area contributed by atoms with Gasteiger partial charge in [-0.2, -0.15) is 0 Å². The number of nitrogens with one attached hydrogen (secondary N) is 1. The van der Waals surface area contributed by atoms with Crippen LogP contribution in [-0.4, -0.2) is 4.92 Å². The molecular formula is C20H19FN2O2. The molecule has 0 saturated carbocycles. The van der Waals surface area contributed by atoms with Gasteiger partial charge in [0.1, 0.15) is 11.5 Å². The number of nitrogens with zero attached hydrogens (tertiary/aromatic N) is 1. The van der Waals surface area contributed by atoms with Gasteiger partial charge in [-0.1, -0.05) is 24.3 Å². The van der Waals surface area contributed by atoms with Crippen LogP contribution in [0.5, 0.6) is 0 Å². The van der Waals surface area contributed by atoms with Gasteiger partial charge in [-0.15, -0.1) is 0 Å². The summed E-state index contributed by atoms with van der Waals surface area (Å²) in [6, 6.07) is 7.99. The Labute approximate surface area is 145 Å². The molecular weight excluding hydrogens is 319 g/mol. The first kappa shape index (κ1) is 15.8. The Morgan fingerprint density at radius 1 is 1.28 bits per heavy atom. The van der Waals surface area contributed by atoms with E-state index in [0.717, 1.165) is 28.7 Å². The van der Waals surface area contributed by atoms with E-state index in [0.29, 0.717) is 5.69 Å². The summed E-state index contributed by atoms with van der Waals surface area (Å²) in [4.78, 5) is 11.3. The fourth-order valence-electron chi connectivity index (χ4n) is 4.25. The van der Waals surface area contributed by atoms with Crippen LogP contribution in [0.1, 0.15) is 40.6 Å². The van der Waals surface area contributed by atoms with Gasteiger partial charge in [0.25, 0.3) is 5.69 Å². The molecule has 0 bridgehead atoms. The number of fused-ring (bicyclic) bond motifs is 3. The van der Waals surface area contributed by atoms with Crippen molar-refractivity contribution >= 4 is 11.4 Å². The molecule has 128 valence electrons. The average Bonchev–Trinajstić information content (AvgIpc) is 3.06. The van der Waals surface area contributed by atoms with Gasteiger partial charge in [-0.05, 0) is 60.6 Å². The minimum Gasteiger partial charge on any atom is -0.372 e. The van der Waals surface area contributed by atoms with Gasteiger partial charge in [-0.25, -0.2) is 4.39 Å². The Morgan fingerprint density at radius 3 is 2.80 bits per heavy atom. The van der Waals surface area contributed by atoms with Crippen molar-refractivity contribution in [2.75, 3.05) is 5.32 Å². The summed E-state index contributed by atoms with van der Waals surface area (Å²) >= 11 is 0. The van der Waals surface area contributed by atoms with Crippen molar-refractivity contribution in [2.24, 2.45) is 5.92 Å². The number of halogens is 1. The van der Waals surface area contributed by atoms with Crippen molar-refractivity contribution in [3.63, 3.8) is 0 Å². The van der Waals surface area contributed by atoms with E-state index in [2.05, 4.69) is 17.5 Å². The van der Waals surface area contributed by atoms with Crippen LogP contribution >= 0.6 is 0 Å². The van der Waals surface area contributed by atoms with Crippen molar-refractivity contribution in [1.29, 1.82) is 0 Å². The summed E-state index contributed by atoms with van der Waals surface area (Å²) in [7, 11) is 0. The molecule has 3 atom stereocenters. The van der Waals surface area contributed by atoms with Crippen molar-refractivity contribution in [3.05, 3.63) is 80.7 Å². The van der Waals surface area contributed by atoms with Crippen molar-refractivity contribution in [1.82, 2.24) is 0 Å². The van der Waals surface area contributed by atoms with E-state index in [-0.39, 0.29) is 34.3 Å². The van der Waals surface area contributed by atoms with E-state index < -0.39 is 0 Å². The maximum absolute atomic E-state index is 13.7. The molecule has 0 radical (unpaired) electrons. The maximum Gasteiger partial charge on any atom is 0.292 e. The van der Waals surface area contributed by atoms with Gasteiger partial charge in [0.05, 0.1) is 11.0 Å².